The molecule has 0 atom stereocenters. The molecule has 0 aliphatic rings. The van der Waals surface area contributed by atoms with Crippen molar-refractivity contribution in [2.45, 2.75) is 6.92 Å². The highest BCUT2D eigenvalue weighted by atomic mass is 79.9. The van der Waals surface area contributed by atoms with Gasteiger partial charge in [0.15, 0.2) is 5.13 Å². The molecule has 3 nitrogen and oxygen atoms in total. The van der Waals surface area contributed by atoms with Crippen LogP contribution < -0.4 is 10.1 Å². The molecule has 0 saturated heterocycles. The number of methoxy groups -OCH3 is 1. The van der Waals surface area contributed by atoms with Gasteiger partial charge in [0.1, 0.15) is 5.75 Å². The molecule has 1 aromatic carbocycles. The molecule has 0 unspecified atom stereocenters. The van der Waals surface area contributed by atoms with E-state index in [4.69, 9.17) is 4.74 Å². The average Bonchev–Trinajstić information content (AvgIpc) is 2.78. The zero-order valence-electron chi connectivity index (χ0n) is 9.66. The maximum Gasteiger partial charge on any atom is 0.183 e. The van der Waals surface area contributed by atoms with Gasteiger partial charge in [-0.15, -0.1) is 0 Å². The van der Waals surface area contributed by atoms with Gasteiger partial charge in [-0.2, -0.15) is 0 Å². The van der Waals surface area contributed by atoms with Gasteiger partial charge in [-0.1, -0.05) is 11.3 Å². The van der Waals surface area contributed by atoms with E-state index in [1.807, 2.05) is 24.4 Å². The van der Waals surface area contributed by atoms with Crippen LogP contribution in [0.2, 0.25) is 0 Å². The summed E-state index contributed by atoms with van der Waals surface area (Å²) in [5.74, 6) is 0.838. The van der Waals surface area contributed by atoms with Crippen LogP contribution in [0.3, 0.4) is 0 Å². The molecule has 17 heavy (non-hydrogen) atoms. The van der Waals surface area contributed by atoms with Crippen molar-refractivity contribution in [2.24, 2.45) is 0 Å². The Morgan fingerprint density at radius 2 is 2.29 bits per heavy atom. The number of ether oxygens (including phenoxy) is 1. The Bertz CT molecular complexity index is 513. The molecule has 0 fully saturated rings. The van der Waals surface area contributed by atoms with Gasteiger partial charge in [-0.3, -0.25) is 0 Å². The Balaban J connectivity index is 2.29. The third kappa shape index (κ3) is 2.79. The van der Waals surface area contributed by atoms with E-state index in [9.17, 15) is 0 Å². The number of hydrogen-bond donors (Lipinski definition) is 1. The molecule has 2 aromatic rings. The predicted molar refractivity (Wildman–Crippen MR) is 76.0 cm³/mol. The van der Waals surface area contributed by atoms with E-state index in [0.29, 0.717) is 0 Å². The number of nitrogens with one attached hydrogen (secondary N) is 1. The van der Waals surface area contributed by atoms with Gasteiger partial charge in [-0.05, 0) is 46.6 Å². The molecule has 0 amide bonds. The van der Waals surface area contributed by atoms with Crippen LogP contribution in [0.1, 0.15) is 6.92 Å². The van der Waals surface area contributed by atoms with Crippen molar-refractivity contribution in [3.63, 3.8) is 0 Å². The summed E-state index contributed by atoms with van der Waals surface area (Å²) in [4.78, 5) is 5.46. The Morgan fingerprint density at radius 1 is 1.47 bits per heavy atom. The number of aromatic nitrogens is 1. The third-order valence-corrected chi connectivity index (χ3v) is 3.89. The molecule has 2 rings (SSSR count). The van der Waals surface area contributed by atoms with Crippen LogP contribution in [0.25, 0.3) is 10.4 Å². The molecular formula is C12H13BrN2OS. The molecule has 5 heteroatoms. The van der Waals surface area contributed by atoms with Gasteiger partial charge < -0.3 is 10.1 Å². The quantitative estimate of drug-likeness (QED) is 0.926. The lowest BCUT2D eigenvalue weighted by Gasteiger charge is -2.04. The SMILES string of the molecule is CCNc1ncc(-c2ccc(OC)c(Br)c2)s1. The molecule has 0 spiro atoms. The Morgan fingerprint density at radius 3 is 2.94 bits per heavy atom. The van der Waals surface area contributed by atoms with E-state index in [1.165, 1.54) is 0 Å². The Labute approximate surface area is 113 Å². The zero-order chi connectivity index (χ0) is 12.3. The summed E-state index contributed by atoms with van der Waals surface area (Å²) >= 11 is 5.13. The van der Waals surface area contributed by atoms with Gasteiger partial charge in [0.25, 0.3) is 0 Å². The van der Waals surface area contributed by atoms with E-state index in [-0.39, 0.29) is 0 Å². The standard InChI is InChI=1S/C12H13BrN2OS/c1-3-14-12-15-7-11(17-12)8-4-5-10(16-2)9(13)6-8/h4-7H,3H2,1-2H3,(H,14,15). The summed E-state index contributed by atoms with van der Waals surface area (Å²) in [6.07, 6.45) is 1.89. The first-order valence-corrected chi connectivity index (χ1v) is 6.89. The molecule has 1 aromatic heterocycles. The maximum atomic E-state index is 5.21. The average molecular weight is 313 g/mol. The smallest absolute Gasteiger partial charge is 0.183 e. The first-order chi connectivity index (χ1) is 8.24. The second-order valence-electron chi connectivity index (χ2n) is 3.41. The van der Waals surface area contributed by atoms with Gasteiger partial charge in [0.2, 0.25) is 0 Å². The van der Waals surface area contributed by atoms with Crippen molar-refractivity contribution in [2.75, 3.05) is 19.0 Å². The van der Waals surface area contributed by atoms with Crippen LogP contribution in [0, 0.1) is 0 Å². The maximum absolute atomic E-state index is 5.21. The molecule has 1 heterocycles. The second-order valence-corrected chi connectivity index (χ2v) is 5.29. The molecule has 0 aliphatic heterocycles. The van der Waals surface area contributed by atoms with E-state index in [0.717, 1.165) is 32.3 Å². The first kappa shape index (κ1) is 12.4. The molecule has 0 radical (unpaired) electrons. The largest absolute Gasteiger partial charge is 0.496 e. The number of hydrogen-bond acceptors (Lipinski definition) is 4. The van der Waals surface area contributed by atoms with Crippen LogP contribution in [0.15, 0.2) is 28.9 Å². The topological polar surface area (TPSA) is 34.2 Å². The predicted octanol–water partition coefficient (Wildman–Crippen LogP) is 4.01. The van der Waals surface area contributed by atoms with E-state index >= 15 is 0 Å². The van der Waals surface area contributed by atoms with Gasteiger partial charge in [-0.25, -0.2) is 4.98 Å². The van der Waals surface area contributed by atoms with Crippen molar-refractivity contribution in [3.05, 3.63) is 28.9 Å². The van der Waals surface area contributed by atoms with E-state index < -0.39 is 0 Å². The third-order valence-electron chi connectivity index (χ3n) is 2.27. The second kappa shape index (κ2) is 5.51. The number of thiazole rings is 1. The minimum atomic E-state index is 0.838. The minimum absolute atomic E-state index is 0.838. The van der Waals surface area contributed by atoms with Crippen LogP contribution in [0.4, 0.5) is 5.13 Å². The Kier molecular flexibility index (Phi) is 4.02. The van der Waals surface area contributed by atoms with Crippen LogP contribution >= 0.6 is 27.3 Å². The summed E-state index contributed by atoms with van der Waals surface area (Å²) in [5.41, 5.74) is 1.14. The molecule has 0 saturated carbocycles. The summed E-state index contributed by atoms with van der Waals surface area (Å²) in [5, 5.41) is 4.16. The first-order valence-electron chi connectivity index (χ1n) is 5.28. The molecule has 90 valence electrons. The number of halogens is 1. The highest BCUT2D eigenvalue weighted by molar-refractivity contribution is 9.10. The zero-order valence-corrected chi connectivity index (χ0v) is 12.1. The lowest BCUT2D eigenvalue weighted by Crippen LogP contribution is -1.94. The van der Waals surface area contributed by atoms with Crippen molar-refractivity contribution < 1.29 is 4.74 Å². The number of anilines is 1. The van der Waals surface area contributed by atoms with Crippen LogP contribution in [0.5, 0.6) is 5.75 Å². The van der Waals surface area contributed by atoms with Gasteiger partial charge in [0, 0.05) is 12.7 Å². The number of rotatable bonds is 4. The van der Waals surface area contributed by atoms with E-state index in [1.54, 1.807) is 18.4 Å². The van der Waals surface area contributed by atoms with Crippen LogP contribution in [-0.4, -0.2) is 18.6 Å². The normalized spacial score (nSPS) is 10.3. The lowest BCUT2D eigenvalue weighted by atomic mass is 10.2. The summed E-state index contributed by atoms with van der Waals surface area (Å²) < 4.78 is 6.16. The monoisotopic (exact) mass is 312 g/mol. The van der Waals surface area contributed by atoms with Gasteiger partial charge in [0.05, 0.1) is 16.5 Å². The van der Waals surface area contributed by atoms with Crippen LogP contribution in [-0.2, 0) is 0 Å². The molecule has 0 bridgehead atoms. The fourth-order valence-corrected chi connectivity index (χ4v) is 2.88. The van der Waals surface area contributed by atoms with Crippen molar-refractivity contribution in [3.8, 4) is 16.2 Å². The summed E-state index contributed by atoms with van der Waals surface area (Å²) in [6, 6.07) is 6.03. The van der Waals surface area contributed by atoms with Crippen molar-refractivity contribution >= 4 is 32.4 Å². The van der Waals surface area contributed by atoms with Crippen molar-refractivity contribution in [1.82, 2.24) is 4.98 Å². The fraction of sp³-hybridized carbons (Fsp3) is 0.250. The molecular weight excluding hydrogens is 300 g/mol. The summed E-state index contributed by atoms with van der Waals surface area (Å²) in [7, 11) is 1.66. The number of nitrogens with zero attached hydrogens (tertiary/aromatic N) is 1. The molecule has 1 N–H and O–H groups in total. The number of benzene rings is 1. The Hall–Kier alpha value is -1.07. The van der Waals surface area contributed by atoms with Gasteiger partial charge >= 0.3 is 0 Å². The fourth-order valence-electron chi connectivity index (χ4n) is 1.46. The minimum Gasteiger partial charge on any atom is -0.496 e. The van der Waals surface area contributed by atoms with E-state index in [2.05, 4.69) is 33.2 Å². The highest BCUT2D eigenvalue weighted by Gasteiger charge is 2.06. The van der Waals surface area contributed by atoms with Crippen molar-refractivity contribution in [1.29, 1.82) is 0 Å². The highest BCUT2D eigenvalue weighted by Crippen LogP contribution is 2.34. The summed E-state index contributed by atoms with van der Waals surface area (Å²) in [6.45, 7) is 2.95. The lowest BCUT2D eigenvalue weighted by molar-refractivity contribution is 0.412. The molecule has 0 aliphatic carbocycles.